The molecule has 4 nitrogen and oxygen atoms in total. The molecule has 2 fully saturated rings. The second-order valence-electron chi connectivity index (χ2n) is 5.80. The summed E-state index contributed by atoms with van der Waals surface area (Å²) in [6, 6.07) is 6.00. The van der Waals surface area contributed by atoms with Crippen molar-refractivity contribution in [2.75, 3.05) is 20.3 Å². The van der Waals surface area contributed by atoms with Gasteiger partial charge >= 0.3 is 0 Å². The van der Waals surface area contributed by atoms with Crippen LogP contribution >= 0.6 is 0 Å². The van der Waals surface area contributed by atoms with Crippen molar-refractivity contribution in [3.05, 3.63) is 23.8 Å². The summed E-state index contributed by atoms with van der Waals surface area (Å²) in [6.45, 7) is 1.48. The Morgan fingerprint density at radius 2 is 2.15 bits per heavy atom. The molecular formula is C16H23NO3. The third-order valence-corrected chi connectivity index (χ3v) is 4.38. The summed E-state index contributed by atoms with van der Waals surface area (Å²) in [5.41, 5.74) is 7.31. The van der Waals surface area contributed by atoms with Gasteiger partial charge in [-0.1, -0.05) is 12.1 Å². The van der Waals surface area contributed by atoms with E-state index >= 15 is 0 Å². The minimum atomic E-state index is -0.251. The van der Waals surface area contributed by atoms with Crippen molar-refractivity contribution in [2.45, 2.75) is 43.7 Å². The maximum atomic E-state index is 6.49. The number of ether oxygens (including phenoxy) is 3. The van der Waals surface area contributed by atoms with Crippen LogP contribution in [0, 0.1) is 0 Å². The van der Waals surface area contributed by atoms with Gasteiger partial charge in [0, 0.05) is 17.7 Å². The Balaban J connectivity index is 1.89. The minimum absolute atomic E-state index is 0.0995. The zero-order valence-electron chi connectivity index (χ0n) is 12.1. The molecule has 1 aliphatic heterocycles. The standard InChI is InChI=1S/C16H23NO3/c1-18-14-7-2-6-13(16(17)8-4-9-16)15(14)20-12-5-3-10-19-11-12/h2,6-7,12H,3-5,8-11,17H2,1H3. The van der Waals surface area contributed by atoms with Crippen LogP contribution in [0.15, 0.2) is 18.2 Å². The van der Waals surface area contributed by atoms with Crippen LogP contribution in [0.25, 0.3) is 0 Å². The van der Waals surface area contributed by atoms with Crippen molar-refractivity contribution in [2.24, 2.45) is 5.73 Å². The molecule has 1 aliphatic carbocycles. The minimum Gasteiger partial charge on any atom is -0.493 e. The van der Waals surface area contributed by atoms with Gasteiger partial charge in [-0.25, -0.2) is 0 Å². The second kappa shape index (κ2) is 5.62. The molecule has 1 saturated carbocycles. The Bertz CT molecular complexity index is 465. The summed E-state index contributed by atoms with van der Waals surface area (Å²) in [4.78, 5) is 0. The highest BCUT2D eigenvalue weighted by atomic mass is 16.5. The SMILES string of the molecule is COc1cccc(C2(N)CCC2)c1OC1CCCOC1. The molecule has 2 aliphatic rings. The van der Waals surface area contributed by atoms with Crippen molar-refractivity contribution >= 4 is 0 Å². The van der Waals surface area contributed by atoms with E-state index in [1.807, 2.05) is 12.1 Å². The lowest BCUT2D eigenvalue weighted by atomic mass is 9.72. The van der Waals surface area contributed by atoms with E-state index in [0.29, 0.717) is 6.61 Å². The predicted octanol–water partition coefficient (Wildman–Crippen LogP) is 2.59. The lowest BCUT2D eigenvalue weighted by Gasteiger charge is -2.40. The maximum absolute atomic E-state index is 6.49. The summed E-state index contributed by atoms with van der Waals surface area (Å²) in [5, 5.41) is 0. The van der Waals surface area contributed by atoms with Crippen LogP contribution in [-0.4, -0.2) is 26.4 Å². The number of hydrogen-bond acceptors (Lipinski definition) is 4. The van der Waals surface area contributed by atoms with Crippen LogP contribution in [0.4, 0.5) is 0 Å². The fourth-order valence-corrected chi connectivity index (χ4v) is 2.99. The van der Waals surface area contributed by atoms with Gasteiger partial charge in [-0.2, -0.15) is 0 Å². The fraction of sp³-hybridized carbons (Fsp3) is 0.625. The van der Waals surface area contributed by atoms with Gasteiger partial charge < -0.3 is 19.9 Å². The van der Waals surface area contributed by atoms with Crippen LogP contribution < -0.4 is 15.2 Å². The van der Waals surface area contributed by atoms with Crippen molar-refractivity contribution < 1.29 is 14.2 Å². The molecule has 1 unspecified atom stereocenters. The first-order valence-electron chi connectivity index (χ1n) is 7.44. The van der Waals surface area contributed by atoms with E-state index in [2.05, 4.69) is 6.07 Å². The molecule has 0 radical (unpaired) electrons. The molecule has 1 aromatic carbocycles. The largest absolute Gasteiger partial charge is 0.493 e. The van der Waals surface area contributed by atoms with Crippen molar-refractivity contribution in [3.63, 3.8) is 0 Å². The average molecular weight is 277 g/mol. The molecule has 3 rings (SSSR count). The van der Waals surface area contributed by atoms with Gasteiger partial charge in [-0.05, 0) is 38.2 Å². The van der Waals surface area contributed by atoms with E-state index in [0.717, 1.165) is 49.4 Å². The molecule has 20 heavy (non-hydrogen) atoms. The molecule has 0 amide bonds. The van der Waals surface area contributed by atoms with Gasteiger partial charge in [0.15, 0.2) is 11.5 Å². The Hall–Kier alpha value is -1.26. The third-order valence-electron chi connectivity index (χ3n) is 4.38. The van der Waals surface area contributed by atoms with E-state index < -0.39 is 0 Å². The monoisotopic (exact) mass is 277 g/mol. The zero-order chi connectivity index (χ0) is 14.0. The van der Waals surface area contributed by atoms with E-state index in [9.17, 15) is 0 Å². The quantitative estimate of drug-likeness (QED) is 0.919. The van der Waals surface area contributed by atoms with E-state index in [1.54, 1.807) is 7.11 Å². The van der Waals surface area contributed by atoms with Crippen molar-refractivity contribution in [1.29, 1.82) is 0 Å². The number of methoxy groups -OCH3 is 1. The molecule has 2 N–H and O–H groups in total. The van der Waals surface area contributed by atoms with Crippen molar-refractivity contribution in [1.82, 2.24) is 0 Å². The number of benzene rings is 1. The van der Waals surface area contributed by atoms with Crippen LogP contribution in [-0.2, 0) is 10.3 Å². The van der Waals surface area contributed by atoms with Gasteiger partial charge in [0.25, 0.3) is 0 Å². The topological polar surface area (TPSA) is 53.7 Å². The molecule has 1 saturated heterocycles. The number of nitrogens with two attached hydrogens (primary N) is 1. The Kier molecular flexibility index (Phi) is 3.85. The molecule has 1 atom stereocenters. The number of rotatable bonds is 4. The molecule has 110 valence electrons. The van der Waals surface area contributed by atoms with Gasteiger partial charge in [-0.15, -0.1) is 0 Å². The normalized spacial score (nSPS) is 24.8. The molecule has 4 heteroatoms. The third kappa shape index (κ3) is 2.50. The zero-order valence-corrected chi connectivity index (χ0v) is 12.1. The summed E-state index contributed by atoms with van der Waals surface area (Å²) in [5.74, 6) is 1.58. The first kappa shape index (κ1) is 13.7. The highest BCUT2D eigenvalue weighted by molar-refractivity contribution is 5.50. The predicted molar refractivity (Wildman–Crippen MR) is 77.2 cm³/mol. The van der Waals surface area contributed by atoms with Crippen LogP contribution in [0.1, 0.15) is 37.7 Å². The maximum Gasteiger partial charge on any atom is 0.166 e. The summed E-state index contributed by atoms with van der Waals surface area (Å²) < 4.78 is 17.2. The van der Waals surface area contributed by atoms with E-state index in [4.69, 9.17) is 19.9 Å². The lowest BCUT2D eigenvalue weighted by Crippen LogP contribution is -2.44. The highest BCUT2D eigenvalue weighted by Crippen LogP contribution is 2.46. The highest BCUT2D eigenvalue weighted by Gasteiger charge is 2.38. The summed E-state index contributed by atoms with van der Waals surface area (Å²) in [6.07, 6.45) is 5.37. The van der Waals surface area contributed by atoms with Crippen molar-refractivity contribution in [3.8, 4) is 11.5 Å². The van der Waals surface area contributed by atoms with Gasteiger partial charge in [0.05, 0.1) is 13.7 Å². The second-order valence-corrected chi connectivity index (χ2v) is 5.80. The lowest BCUT2D eigenvalue weighted by molar-refractivity contribution is 0.00507. The van der Waals surface area contributed by atoms with Crippen LogP contribution in [0.5, 0.6) is 11.5 Å². The summed E-state index contributed by atoms with van der Waals surface area (Å²) >= 11 is 0. The first-order valence-corrected chi connectivity index (χ1v) is 7.44. The molecule has 0 spiro atoms. The molecule has 1 heterocycles. The Morgan fingerprint density at radius 3 is 2.75 bits per heavy atom. The fourth-order valence-electron chi connectivity index (χ4n) is 2.99. The number of para-hydroxylation sites is 1. The average Bonchev–Trinajstić information content (AvgIpc) is 2.46. The van der Waals surface area contributed by atoms with E-state index in [-0.39, 0.29) is 11.6 Å². The van der Waals surface area contributed by atoms with Crippen LogP contribution in [0.3, 0.4) is 0 Å². The molecule has 0 bridgehead atoms. The van der Waals surface area contributed by atoms with Crippen LogP contribution in [0.2, 0.25) is 0 Å². The first-order chi connectivity index (χ1) is 9.73. The summed E-state index contributed by atoms with van der Waals surface area (Å²) in [7, 11) is 1.67. The number of hydrogen-bond donors (Lipinski definition) is 1. The smallest absolute Gasteiger partial charge is 0.166 e. The van der Waals surface area contributed by atoms with Gasteiger partial charge in [-0.3, -0.25) is 0 Å². The molecule has 1 aromatic rings. The van der Waals surface area contributed by atoms with Gasteiger partial charge in [0.1, 0.15) is 6.10 Å². The molecule has 0 aromatic heterocycles. The Morgan fingerprint density at radius 1 is 1.30 bits per heavy atom. The van der Waals surface area contributed by atoms with E-state index in [1.165, 1.54) is 6.42 Å². The van der Waals surface area contributed by atoms with Gasteiger partial charge in [0.2, 0.25) is 0 Å². The molecular weight excluding hydrogens is 254 g/mol. The Labute approximate surface area is 120 Å².